The Hall–Kier alpha value is -3.74. The molecule has 0 radical (unpaired) electrons. The zero-order valence-electron chi connectivity index (χ0n) is 17.5. The van der Waals surface area contributed by atoms with Gasteiger partial charge in [0.25, 0.3) is 5.91 Å². The van der Waals surface area contributed by atoms with Crippen LogP contribution in [0.5, 0.6) is 17.2 Å². The Bertz CT molecular complexity index is 1050. The van der Waals surface area contributed by atoms with Gasteiger partial charge in [-0.15, -0.1) is 0 Å². The van der Waals surface area contributed by atoms with E-state index in [1.807, 2.05) is 0 Å². The summed E-state index contributed by atoms with van der Waals surface area (Å²) in [7, 11) is 5.92. The first-order chi connectivity index (χ1) is 14.4. The van der Waals surface area contributed by atoms with Gasteiger partial charge in [0.05, 0.1) is 45.3 Å². The molecular formula is C23H23NO6. The number of benzene rings is 2. The molecule has 30 heavy (non-hydrogen) atoms. The molecule has 0 saturated carbocycles. The van der Waals surface area contributed by atoms with Crippen LogP contribution in [-0.4, -0.2) is 40.3 Å². The standard InChI is InChI=1S/C23H23NO6/c1-14-21(23(26)30-5)18(11-15-9-10-19(28-3)20(12-15)29-4)22(25)24(14)16-7-6-8-17(13-16)27-2/h6-13H,1-5H3/b18-11-. The third-order valence-corrected chi connectivity index (χ3v) is 4.82. The fourth-order valence-corrected chi connectivity index (χ4v) is 3.35. The number of esters is 1. The number of rotatable bonds is 6. The molecule has 0 unspecified atom stereocenters. The predicted molar refractivity (Wildman–Crippen MR) is 113 cm³/mol. The van der Waals surface area contributed by atoms with Gasteiger partial charge < -0.3 is 18.9 Å². The van der Waals surface area contributed by atoms with E-state index >= 15 is 0 Å². The number of carbonyl (C=O) groups is 2. The van der Waals surface area contributed by atoms with Gasteiger partial charge in [-0.2, -0.15) is 0 Å². The van der Waals surface area contributed by atoms with Gasteiger partial charge in [-0.3, -0.25) is 9.69 Å². The quantitative estimate of drug-likeness (QED) is 0.536. The first kappa shape index (κ1) is 21.0. The van der Waals surface area contributed by atoms with Gasteiger partial charge in [0.15, 0.2) is 11.5 Å². The maximum Gasteiger partial charge on any atom is 0.340 e. The molecule has 0 atom stereocenters. The highest BCUT2D eigenvalue weighted by Gasteiger charge is 2.38. The molecule has 7 heteroatoms. The fraction of sp³-hybridized carbons (Fsp3) is 0.217. The van der Waals surface area contributed by atoms with Gasteiger partial charge in [-0.1, -0.05) is 12.1 Å². The maximum atomic E-state index is 13.3. The van der Waals surface area contributed by atoms with Crippen LogP contribution in [0, 0.1) is 0 Å². The van der Waals surface area contributed by atoms with E-state index < -0.39 is 5.97 Å². The van der Waals surface area contributed by atoms with E-state index in [1.165, 1.54) is 19.1 Å². The molecule has 3 rings (SSSR count). The molecule has 0 aliphatic carbocycles. The van der Waals surface area contributed by atoms with Crippen molar-refractivity contribution in [2.24, 2.45) is 0 Å². The van der Waals surface area contributed by atoms with E-state index in [-0.39, 0.29) is 17.1 Å². The van der Waals surface area contributed by atoms with Gasteiger partial charge in [0.2, 0.25) is 0 Å². The van der Waals surface area contributed by atoms with Crippen LogP contribution in [0.25, 0.3) is 6.08 Å². The molecule has 0 fully saturated rings. The second-order valence-electron chi connectivity index (χ2n) is 6.47. The van der Waals surface area contributed by atoms with Crippen molar-refractivity contribution in [1.29, 1.82) is 0 Å². The van der Waals surface area contributed by atoms with Crippen LogP contribution in [0.2, 0.25) is 0 Å². The average Bonchev–Trinajstić information content (AvgIpc) is 3.02. The number of hydrogen-bond acceptors (Lipinski definition) is 6. The molecule has 156 valence electrons. The van der Waals surface area contributed by atoms with Gasteiger partial charge >= 0.3 is 5.97 Å². The zero-order valence-corrected chi connectivity index (χ0v) is 17.5. The van der Waals surface area contributed by atoms with E-state index in [2.05, 4.69) is 0 Å². The number of nitrogens with zero attached hydrogens (tertiary/aromatic N) is 1. The average molecular weight is 409 g/mol. The minimum absolute atomic E-state index is 0.208. The number of ether oxygens (including phenoxy) is 4. The normalized spacial score (nSPS) is 14.9. The number of allylic oxidation sites excluding steroid dienone is 1. The molecule has 1 aliphatic heterocycles. The van der Waals surface area contributed by atoms with Crippen LogP contribution in [0.4, 0.5) is 5.69 Å². The molecular weight excluding hydrogens is 386 g/mol. The number of anilines is 1. The van der Waals surface area contributed by atoms with Crippen LogP contribution in [-0.2, 0) is 14.3 Å². The SMILES string of the molecule is COC(=O)C1=C(C)N(c2cccc(OC)c2)C(=O)/C1=C\c1ccc(OC)c(OC)c1. The minimum Gasteiger partial charge on any atom is -0.497 e. The van der Waals surface area contributed by atoms with E-state index in [9.17, 15) is 9.59 Å². The summed E-state index contributed by atoms with van der Waals surface area (Å²) in [6, 6.07) is 12.3. The summed E-state index contributed by atoms with van der Waals surface area (Å²) in [5.41, 5.74) is 2.19. The first-order valence-electron chi connectivity index (χ1n) is 9.17. The number of hydrogen-bond donors (Lipinski definition) is 0. The highest BCUT2D eigenvalue weighted by atomic mass is 16.5. The van der Waals surface area contributed by atoms with E-state index in [4.69, 9.17) is 18.9 Å². The summed E-state index contributed by atoms with van der Waals surface area (Å²) in [5, 5.41) is 0. The summed E-state index contributed by atoms with van der Waals surface area (Å²) in [6.07, 6.45) is 1.64. The van der Waals surface area contributed by atoms with Crippen LogP contribution >= 0.6 is 0 Å². The van der Waals surface area contributed by atoms with Crippen molar-refractivity contribution in [3.8, 4) is 17.2 Å². The topological polar surface area (TPSA) is 74.3 Å². The lowest BCUT2D eigenvalue weighted by atomic mass is 10.0. The molecule has 0 aromatic heterocycles. The summed E-state index contributed by atoms with van der Waals surface area (Å²) >= 11 is 0. The van der Waals surface area contributed by atoms with Gasteiger partial charge in [0, 0.05) is 11.8 Å². The predicted octanol–water partition coefficient (Wildman–Crippen LogP) is 3.59. The Morgan fingerprint density at radius 3 is 2.30 bits per heavy atom. The molecule has 1 amide bonds. The molecule has 2 aromatic rings. The van der Waals surface area contributed by atoms with E-state index in [1.54, 1.807) is 69.7 Å². The maximum absolute atomic E-state index is 13.3. The van der Waals surface area contributed by atoms with Crippen molar-refractivity contribution in [2.45, 2.75) is 6.92 Å². The second kappa shape index (κ2) is 8.73. The van der Waals surface area contributed by atoms with E-state index in [0.717, 1.165) is 0 Å². The van der Waals surface area contributed by atoms with Crippen LogP contribution in [0.3, 0.4) is 0 Å². The van der Waals surface area contributed by atoms with Gasteiger partial charge in [-0.25, -0.2) is 4.79 Å². The molecule has 0 saturated heterocycles. The zero-order chi connectivity index (χ0) is 21.8. The van der Waals surface area contributed by atoms with E-state index in [0.29, 0.717) is 34.2 Å². The molecule has 1 heterocycles. The lowest BCUT2D eigenvalue weighted by molar-refractivity contribution is -0.136. The molecule has 0 N–H and O–H groups in total. The fourth-order valence-electron chi connectivity index (χ4n) is 3.35. The Labute approximate surface area is 175 Å². The molecule has 2 aromatic carbocycles. The summed E-state index contributed by atoms with van der Waals surface area (Å²) in [4.78, 5) is 27.3. The van der Waals surface area contributed by atoms with Crippen LogP contribution in [0.15, 0.2) is 59.3 Å². The van der Waals surface area contributed by atoms with Gasteiger partial charge in [0.1, 0.15) is 5.75 Å². The highest BCUT2D eigenvalue weighted by molar-refractivity contribution is 6.23. The Morgan fingerprint density at radius 1 is 0.933 bits per heavy atom. The number of amides is 1. The third kappa shape index (κ3) is 3.74. The second-order valence-corrected chi connectivity index (χ2v) is 6.47. The third-order valence-electron chi connectivity index (χ3n) is 4.82. The van der Waals surface area contributed by atoms with Crippen LogP contribution < -0.4 is 19.1 Å². The summed E-state index contributed by atoms with van der Waals surface area (Å²) < 4.78 is 20.8. The monoisotopic (exact) mass is 409 g/mol. The van der Waals surface area contributed by atoms with Crippen molar-refractivity contribution < 1.29 is 28.5 Å². The van der Waals surface area contributed by atoms with Crippen molar-refractivity contribution in [1.82, 2.24) is 0 Å². The minimum atomic E-state index is -0.585. The Balaban J connectivity index is 2.13. The molecule has 0 bridgehead atoms. The van der Waals surface area contributed by atoms with Crippen molar-refractivity contribution >= 4 is 23.6 Å². The van der Waals surface area contributed by atoms with Crippen molar-refractivity contribution in [3.05, 3.63) is 64.9 Å². The largest absolute Gasteiger partial charge is 0.497 e. The Morgan fingerprint density at radius 2 is 1.67 bits per heavy atom. The Kier molecular flexibility index (Phi) is 6.11. The van der Waals surface area contributed by atoms with Gasteiger partial charge in [-0.05, 0) is 42.8 Å². The van der Waals surface area contributed by atoms with Crippen LogP contribution in [0.1, 0.15) is 12.5 Å². The summed E-state index contributed by atoms with van der Waals surface area (Å²) in [6.45, 7) is 1.71. The summed E-state index contributed by atoms with van der Waals surface area (Å²) in [5.74, 6) is 0.761. The molecule has 0 spiro atoms. The highest BCUT2D eigenvalue weighted by Crippen LogP contribution is 2.37. The lowest BCUT2D eigenvalue weighted by Gasteiger charge is -2.18. The number of methoxy groups -OCH3 is 4. The van der Waals surface area contributed by atoms with Crippen molar-refractivity contribution in [2.75, 3.05) is 33.3 Å². The van der Waals surface area contributed by atoms with Crippen molar-refractivity contribution in [3.63, 3.8) is 0 Å². The number of carbonyl (C=O) groups excluding carboxylic acids is 2. The smallest absolute Gasteiger partial charge is 0.340 e. The first-order valence-corrected chi connectivity index (χ1v) is 9.17. The lowest BCUT2D eigenvalue weighted by Crippen LogP contribution is -2.24. The molecule has 7 nitrogen and oxygen atoms in total. The molecule has 1 aliphatic rings.